The summed E-state index contributed by atoms with van der Waals surface area (Å²) in [5.74, 6) is -0.334. The molecular formula is C13H14N4O2S. The number of carbonyl (C=O) groups is 2. The van der Waals surface area contributed by atoms with Crippen molar-refractivity contribution in [2.45, 2.75) is 31.8 Å². The zero-order valence-electron chi connectivity index (χ0n) is 10.8. The van der Waals surface area contributed by atoms with Gasteiger partial charge in [-0.1, -0.05) is 0 Å². The first-order chi connectivity index (χ1) is 9.69. The van der Waals surface area contributed by atoms with Crippen LogP contribution < -0.4 is 16.0 Å². The molecule has 7 heteroatoms. The zero-order valence-corrected chi connectivity index (χ0v) is 11.6. The van der Waals surface area contributed by atoms with Gasteiger partial charge in [0, 0.05) is 17.8 Å². The molecule has 1 aromatic rings. The Hall–Kier alpha value is -1.91. The Labute approximate surface area is 120 Å². The fraction of sp³-hybridized carbons (Fsp3) is 0.462. The molecule has 3 rings (SSSR count). The molecule has 0 saturated carbocycles. The number of anilines is 1. The van der Waals surface area contributed by atoms with E-state index in [9.17, 15) is 14.9 Å². The molecule has 2 aliphatic rings. The Bertz CT molecular complexity index is 617. The van der Waals surface area contributed by atoms with E-state index in [0.717, 1.165) is 30.0 Å². The van der Waals surface area contributed by atoms with Crippen LogP contribution in [-0.4, -0.2) is 24.4 Å². The van der Waals surface area contributed by atoms with Gasteiger partial charge in [-0.25, -0.2) is 0 Å². The smallest absolute Gasteiger partial charge is 0.247 e. The predicted molar refractivity (Wildman–Crippen MR) is 74.2 cm³/mol. The Balaban J connectivity index is 1.80. The zero-order chi connectivity index (χ0) is 14.1. The van der Waals surface area contributed by atoms with Gasteiger partial charge in [-0.3, -0.25) is 9.59 Å². The number of rotatable bonds is 2. The summed E-state index contributed by atoms with van der Waals surface area (Å²) in [6.45, 7) is 1.59. The van der Waals surface area contributed by atoms with Crippen molar-refractivity contribution in [1.82, 2.24) is 10.6 Å². The van der Waals surface area contributed by atoms with Gasteiger partial charge in [0.15, 0.2) is 0 Å². The molecule has 0 bridgehead atoms. The van der Waals surface area contributed by atoms with E-state index in [1.807, 2.05) is 0 Å². The first-order valence-electron chi connectivity index (χ1n) is 6.54. The van der Waals surface area contributed by atoms with Gasteiger partial charge in [-0.2, -0.15) is 5.26 Å². The minimum Gasteiger partial charge on any atom is -0.344 e. The molecule has 2 amide bonds. The third-order valence-electron chi connectivity index (χ3n) is 3.59. The first-order valence-corrected chi connectivity index (χ1v) is 7.36. The Morgan fingerprint density at radius 2 is 2.30 bits per heavy atom. The van der Waals surface area contributed by atoms with E-state index in [-0.39, 0.29) is 11.8 Å². The second-order valence-electron chi connectivity index (χ2n) is 4.89. The van der Waals surface area contributed by atoms with Crippen LogP contribution in [0.15, 0.2) is 0 Å². The lowest BCUT2D eigenvalue weighted by Gasteiger charge is -2.11. The van der Waals surface area contributed by atoms with Crippen LogP contribution in [0.5, 0.6) is 0 Å². The van der Waals surface area contributed by atoms with E-state index < -0.39 is 6.04 Å². The topological polar surface area (TPSA) is 94.0 Å². The second-order valence-corrected chi connectivity index (χ2v) is 6.00. The largest absolute Gasteiger partial charge is 0.344 e. The van der Waals surface area contributed by atoms with Gasteiger partial charge in [0.05, 0.1) is 5.56 Å². The van der Waals surface area contributed by atoms with E-state index >= 15 is 0 Å². The summed E-state index contributed by atoms with van der Waals surface area (Å²) >= 11 is 1.44. The van der Waals surface area contributed by atoms with Crippen LogP contribution >= 0.6 is 11.3 Å². The molecule has 0 aliphatic carbocycles. The van der Waals surface area contributed by atoms with Crippen LogP contribution in [-0.2, 0) is 22.6 Å². The van der Waals surface area contributed by atoms with Crippen molar-refractivity contribution in [1.29, 1.82) is 5.26 Å². The highest BCUT2D eigenvalue weighted by Crippen LogP contribution is 2.34. The average Bonchev–Trinajstić information content (AvgIpc) is 3.01. The van der Waals surface area contributed by atoms with Gasteiger partial charge in [0.1, 0.15) is 17.1 Å². The average molecular weight is 290 g/mol. The van der Waals surface area contributed by atoms with Crippen LogP contribution in [0.3, 0.4) is 0 Å². The van der Waals surface area contributed by atoms with Gasteiger partial charge < -0.3 is 16.0 Å². The van der Waals surface area contributed by atoms with Gasteiger partial charge in [-0.15, -0.1) is 11.3 Å². The maximum absolute atomic E-state index is 12.1. The molecule has 20 heavy (non-hydrogen) atoms. The number of nitrogens with zero attached hydrogens (tertiary/aromatic N) is 1. The highest BCUT2D eigenvalue weighted by atomic mass is 32.1. The van der Waals surface area contributed by atoms with E-state index in [1.54, 1.807) is 0 Å². The molecule has 3 heterocycles. The lowest BCUT2D eigenvalue weighted by atomic mass is 10.0. The van der Waals surface area contributed by atoms with Gasteiger partial charge in [0.25, 0.3) is 0 Å². The lowest BCUT2D eigenvalue weighted by molar-refractivity contribution is -0.122. The molecule has 2 aliphatic heterocycles. The van der Waals surface area contributed by atoms with Crippen LogP contribution in [0.1, 0.15) is 28.8 Å². The van der Waals surface area contributed by atoms with Gasteiger partial charge in [0.2, 0.25) is 11.8 Å². The predicted octanol–water partition coefficient (Wildman–Crippen LogP) is 0.483. The minimum atomic E-state index is -0.480. The van der Waals surface area contributed by atoms with Crippen LogP contribution in [0, 0.1) is 11.3 Å². The van der Waals surface area contributed by atoms with E-state index in [2.05, 4.69) is 22.0 Å². The quantitative estimate of drug-likeness (QED) is 0.738. The van der Waals surface area contributed by atoms with Crippen molar-refractivity contribution in [2.24, 2.45) is 0 Å². The Kier molecular flexibility index (Phi) is 3.42. The summed E-state index contributed by atoms with van der Waals surface area (Å²) in [4.78, 5) is 24.4. The monoisotopic (exact) mass is 290 g/mol. The van der Waals surface area contributed by atoms with Crippen molar-refractivity contribution in [3.8, 4) is 6.07 Å². The van der Waals surface area contributed by atoms with Crippen molar-refractivity contribution < 1.29 is 9.59 Å². The van der Waals surface area contributed by atoms with E-state index in [0.29, 0.717) is 23.4 Å². The summed E-state index contributed by atoms with van der Waals surface area (Å²) in [6.07, 6.45) is 1.71. The van der Waals surface area contributed by atoms with Crippen molar-refractivity contribution >= 4 is 28.2 Å². The van der Waals surface area contributed by atoms with E-state index in [1.165, 1.54) is 11.3 Å². The molecule has 0 unspecified atom stereocenters. The SMILES string of the molecule is N#Cc1c(NC(=O)[C@H]2CCC(=O)N2)sc2c1CCNC2. The van der Waals surface area contributed by atoms with E-state index in [4.69, 9.17) is 0 Å². The maximum atomic E-state index is 12.1. The number of fused-ring (bicyclic) bond motifs is 1. The molecule has 1 saturated heterocycles. The van der Waals surface area contributed by atoms with Crippen LogP contribution in [0.4, 0.5) is 5.00 Å². The molecular weight excluding hydrogens is 276 g/mol. The third kappa shape index (κ3) is 2.28. The Morgan fingerprint density at radius 1 is 1.45 bits per heavy atom. The lowest BCUT2D eigenvalue weighted by Crippen LogP contribution is -2.37. The first kappa shape index (κ1) is 13.1. The molecule has 1 atom stereocenters. The standard InChI is InChI=1S/C13H14N4O2S/c14-5-8-7-3-4-15-6-10(7)20-13(8)17-12(19)9-1-2-11(18)16-9/h9,15H,1-4,6H2,(H,16,18)(H,17,19)/t9-/m1/s1. The molecule has 6 nitrogen and oxygen atoms in total. The maximum Gasteiger partial charge on any atom is 0.247 e. The van der Waals surface area contributed by atoms with Gasteiger partial charge >= 0.3 is 0 Å². The molecule has 1 aromatic heterocycles. The highest BCUT2D eigenvalue weighted by Gasteiger charge is 2.29. The number of carbonyl (C=O) groups excluding carboxylic acids is 2. The fourth-order valence-electron chi connectivity index (χ4n) is 2.55. The second kappa shape index (κ2) is 5.23. The highest BCUT2D eigenvalue weighted by molar-refractivity contribution is 7.16. The number of nitrogens with one attached hydrogen (secondary N) is 3. The summed E-state index contributed by atoms with van der Waals surface area (Å²) in [6, 6.07) is 1.71. The normalized spacial score (nSPS) is 20.9. The molecule has 3 N–H and O–H groups in total. The molecule has 104 valence electrons. The number of amides is 2. The van der Waals surface area contributed by atoms with Crippen molar-refractivity contribution in [2.75, 3.05) is 11.9 Å². The Morgan fingerprint density at radius 3 is 3.00 bits per heavy atom. The summed E-state index contributed by atoms with van der Waals surface area (Å²) in [5.41, 5.74) is 1.62. The minimum absolute atomic E-state index is 0.0969. The molecule has 0 radical (unpaired) electrons. The number of hydrogen-bond donors (Lipinski definition) is 3. The summed E-state index contributed by atoms with van der Waals surface area (Å²) in [7, 11) is 0. The third-order valence-corrected chi connectivity index (χ3v) is 4.74. The van der Waals surface area contributed by atoms with Crippen LogP contribution in [0.25, 0.3) is 0 Å². The number of thiophene rings is 1. The summed E-state index contributed by atoms with van der Waals surface area (Å²) < 4.78 is 0. The molecule has 1 fully saturated rings. The van der Waals surface area contributed by atoms with Gasteiger partial charge in [-0.05, 0) is 24.9 Å². The molecule has 0 spiro atoms. The van der Waals surface area contributed by atoms with Crippen molar-refractivity contribution in [3.63, 3.8) is 0 Å². The fourth-order valence-corrected chi connectivity index (χ4v) is 3.72. The van der Waals surface area contributed by atoms with Crippen LogP contribution in [0.2, 0.25) is 0 Å². The summed E-state index contributed by atoms with van der Waals surface area (Å²) in [5, 5.41) is 18.6. The number of nitriles is 1. The molecule has 0 aromatic carbocycles. The van der Waals surface area contributed by atoms with Crippen molar-refractivity contribution in [3.05, 3.63) is 16.0 Å². The number of hydrogen-bond acceptors (Lipinski definition) is 5.